The van der Waals surface area contributed by atoms with Crippen LogP contribution in [0.3, 0.4) is 0 Å². The van der Waals surface area contributed by atoms with Crippen molar-refractivity contribution in [2.24, 2.45) is 16.9 Å². The molecular weight excluding hydrogens is 114 g/mol. The molecule has 0 atom stereocenters. The normalized spacial score (nSPS) is 12.2. The Bertz CT molecular complexity index is 135. The van der Waals surface area contributed by atoms with Gasteiger partial charge in [-0.3, -0.25) is 0 Å². The highest BCUT2D eigenvalue weighted by Crippen LogP contribution is 1.95. The van der Waals surface area contributed by atoms with Crippen LogP contribution < -0.4 is 5.84 Å². The summed E-state index contributed by atoms with van der Waals surface area (Å²) in [6, 6.07) is 0. The van der Waals surface area contributed by atoms with Gasteiger partial charge in [-0.15, -0.1) is 0 Å². The first kappa shape index (κ1) is 8.14. The largest absolute Gasteiger partial charge is 0.323 e. The van der Waals surface area contributed by atoms with Crippen LogP contribution in [0.2, 0.25) is 0 Å². The molecule has 0 aromatic heterocycles. The van der Waals surface area contributed by atoms with Crippen LogP contribution in [0.4, 0.5) is 0 Å². The van der Waals surface area contributed by atoms with Crippen molar-refractivity contribution in [3.8, 4) is 0 Å². The van der Waals surface area contributed by atoms with E-state index in [1.807, 2.05) is 13.8 Å². The molecule has 3 nitrogen and oxygen atoms in total. The quantitative estimate of drug-likeness (QED) is 0.324. The molecular formula is C6H13N3. The second-order valence-electron chi connectivity index (χ2n) is 2.28. The van der Waals surface area contributed by atoms with Crippen LogP contribution in [-0.4, -0.2) is 11.4 Å². The van der Waals surface area contributed by atoms with Crippen molar-refractivity contribution < 1.29 is 0 Å². The molecule has 0 spiro atoms. The molecule has 0 saturated carbocycles. The Morgan fingerprint density at radius 2 is 2.00 bits per heavy atom. The molecule has 52 valence electrons. The summed E-state index contributed by atoms with van der Waals surface area (Å²) in [6.07, 6.45) is 0. The molecule has 0 aliphatic rings. The minimum absolute atomic E-state index is 0.220. The highest BCUT2D eigenvalue weighted by Gasteiger charge is 2.04. The Balaban J connectivity index is 4.06. The predicted octanol–water partition coefficient (Wildman–Crippen LogP) is 0.997. The second kappa shape index (κ2) is 3.22. The number of hydrogen-bond acceptors (Lipinski definition) is 3. The molecule has 9 heavy (non-hydrogen) atoms. The van der Waals surface area contributed by atoms with E-state index in [2.05, 4.69) is 5.10 Å². The van der Waals surface area contributed by atoms with Crippen LogP contribution in [0.25, 0.3) is 0 Å². The van der Waals surface area contributed by atoms with Crippen LogP contribution in [0.1, 0.15) is 20.8 Å². The van der Waals surface area contributed by atoms with Gasteiger partial charge in [0.25, 0.3) is 0 Å². The van der Waals surface area contributed by atoms with Gasteiger partial charge < -0.3 is 11.3 Å². The van der Waals surface area contributed by atoms with Crippen LogP contribution in [0.15, 0.2) is 5.10 Å². The summed E-state index contributed by atoms with van der Waals surface area (Å²) in [5.41, 5.74) is 1.13. The van der Waals surface area contributed by atoms with Crippen molar-refractivity contribution in [1.29, 1.82) is 5.41 Å². The third kappa shape index (κ3) is 2.26. The van der Waals surface area contributed by atoms with Gasteiger partial charge in [-0.05, 0) is 12.8 Å². The highest BCUT2D eigenvalue weighted by atomic mass is 15.1. The van der Waals surface area contributed by atoms with Crippen molar-refractivity contribution in [1.82, 2.24) is 0 Å². The lowest BCUT2D eigenvalue weighted by Gasteiger charge is -2.03. The lowest BCUT2D eigenvalue weighted by molar-refractivity contribution is 0.886. The Morgan fingerprint density at radius 3 is 2.11 bits per heavy atom. The molecule has 0 unspecified atom stereocenters. The van der Waals surface area contributed by atoms with E-state index in [1.165, 1.54) is 0 Å². The molecule has 0 aromatic rings. The van der Waals surface area contributed by atoms with Crippen molar-refractivity contribution in [2.45, 2.75) is 20.8 Å². The minimum atomic E-state index is 0.220. The summed E-state index contributed by atoms with van der Waals surface area (Å²) in [4.78, 5) is 0. The van der Waals surface area contributed by atoms with E-state index in [1.54, 1.807) is 6.92 Å². The summed E-state index contributed by atoms with van der Waals surface area (Å²) in [5, 5.41) is 10.7. The lowest BCUT2D eigenvalue weighted by Crippen LogP contribution is -2.16. The minimum Gasteiger partial charge on any atom is -0.323 e. The van der Waals surface area contributed by atoms with Gasteiger partial charge in [0.2, 0.25) is 0 Å². The number of nitrogens with two attached hydrogens (primary N) is 1. The van der Waals surface area contributed by atoms with Crippen molar-refractivity contribution in [3.63, 3.8) is 0 Å². The lowest BCUT2D eigenvalue weighted by atomic mass is 10.1. The average Bonchev–Trinajstić information content (AvgIpc) is 1.84. The van der Waals surface area contributed by atoms with Gasteiger partial charge in [-0.25, -0.2) is 0 Å². The first-order valence-corrected chi connectivity index (χ1v) is 2.93. The SMILES string of the molecule is CC(=NN)C(=N)C(C)C. The van der Waals surface area contributed by atoms with E-state index >= 15 is 0 Å². The number of hydrazone groups is 1. The van der Waals surface area contributed by atoms with E-state index in [0.29, 0.717) is 11.4 Å². The zero-order chi connectivity index (χ0) is 7.44. The number of nitrogens with one attached hydrogen (secondary N) is 1. The molecule has 0 fully saturated rings. The van der Waals surface area contributed by atoms with E-state index in [0.717, 1.165) is 0 Å². The smallest absolute Gasteiger partial charge is 0.0779 e. The first-order chi connectivity index (χ1) is 4.09. The predicted molar refractivity (Wildman–Crippen MR) is 39.9 cm³/mol. The maximum absolute atomic E-state index is 7.34. The fraction of sp³-hybridized carbons (Fsp3) is 0.667. The molecule has 0 rings (SSSR count). The molecule has 0 amide bonds. The molecule has 0 radical (unpaired) electrons. The van der Waals surface area contributed by atoms with Gasteiger partial charge in [0.05, 0.1) is 11.4 Å². The monoisotopic (exact) mass is 127 g/mol. The molecule has 0 heterocycles. The molecule has 0 saturated heterocycles. The van der Waals surface area contributed by atoms with E-state index in [-0.39, 0.29) is 5.92 Å². The van der Waals surface area contributed by atoms with Gasteiger partial charge >= 0.3 is 0 Å². The molecule has 3 heteroatoms. The van der Waals surface area contributed by atoms with Crippen LogP contribution >= 0.6 is 0 Å². The third-order valence-electron chi connectivity index (χ3n) is 1.16. The zero-order valence-corrected chi connectivity index (χ0v) is 6.10. The molecule has 0 aliphatic carbocycles. The van der Waals surface area contributed by atoms with E-state index in [4.69, 9.17) is 11.3 Å². The summed E-state index contributed by atoms with van der Waals surface area (Å²) in [5.74, 6) is 5.18. The van der Waals surface area contributed by atoms with Gasteiger partial charge in [-0.2, -0.15) is 5.10 Å². The topological polar surface area (TPSA) is 62.2 Å². The summed E-state index contributed by atoms with van der Waals surface area (Å²) >= 11 is 0. The Hall–Kier alpha value is -0.860. The molecule has 0 aromatic carbocycles. The first-order valence-electron chi connectivity index (χ1n) is 2.93. The van der Waals surface area contributed by atoms with Gasteiger partial charge in [0.1, 0.15) is 0 Å². The standard InChI is InChI=1S/C6H13N3/c1-4(2)6(7)5(3)9-8/h4,7H,8H2,1-3H3. The van der Waals surface area contributed by atoms with Gasteiger partial charge in [-0.1, -0.05) is 13.8 Å². The Labute approximate surface area is 55.5 Å². The second-order valence-corrected chi connectivity index (χ2v) is 2.28. The molecule has 0 bridgehead atoms. The Morgan fingerprint density at radius 1 is 1.56 bits per heavy atom. The van der Waals surface area contributed by atoms with Crippen molar-refractivity contribution >= 4 is 11.4 Å². The maximum atomic E-state index is 7.34. The fourth-order valence-corrected chi connectivity index (χ4v) is 0.487. The third-order valence-corrected chi connectivity index (χ3v) is 1.16. The summed E-state index contributed by atoms with van der Waals surface area (Å²) in [7, 11) is 0. The summed E-state index contributed by atoms with van der Waals surface area (Å²) in [6.45, 7) is 5.62. The summed E-state index contributed by atoms with van der Waals surface area (Å²) < 4.78 is 0. The van der Waals surface area contributed by atoms with Gasteiger partial charge in [0.15, 0.2) is 0 Å². The number of rotatable bonds is 2. The number of hydrogen-bond donors (Lipinski definition) is 2. The maximum Gasteiger partial charge on any atom is 0.0779 e. The molecule has 3 N–H and O–H groups in total. The van der Waals surface area contributed by atoms with Gasteiger partial charge in [0, 0.05) is 0 Å². The molecule has 0 aliphatic heterocycles. The van der Waals surface area contributed by atoms with Crippen LogP contribution in [0.5, 0.6) is 0 Å². The highest BCUT2D eigenvalue weighted by molar-refractivity contribution is 6.40. The Kier molecular flexibility index (Phi) is 2.91. The average molecular weight is 127 g/mol. The van der Waals surface area contributed by atoms with Crippen LogP contribution in [-0.2, 0) is 0 Å². The van der Waals surface area contributed by atoms with E-state index in [9.17, 15) is 0 Å². The van der Waals surface area contributed by atoms with E-state index < -0.39 is 0 Å². The van der Waals surface area contributed by atoms with Crippen LogP contribution in [0, 0.1) is 11.3 Å². The zero-order valence-electron chi connectivity index (χ0n) is 6.10. The number of nitrogens with zero attached hydrogens (tertiary/aromatic N) is 1. The van der Waals surface area contributed by atoms with Crippen molar-refractivity contribution in [2.75, 3.05) is 0 Å². The van der Waals surface area contributed by atoms with Crippen molar-refractivity contribution in [3.05, 3.63) is 0 Å². The fourth-order valence-electron chi connectivity index (χ4n) is 0.487.